The van der Waals surface area contributed by atoms with E-state index in [1.54, 1.807) is 20.8 Å². The Balaban J connectivity index is 2.29. The first-order chi connectivity index (χ1) is 11.9. The Morgan fingerprint density at radius 1 is 1.19 bits per heavy atom. The van der Waals surface area contributed by atoms with Crippen LogP contribution in [0.25, 0.3) is 0 Å². The maximum atomic E-state index is 12.5. The number of amides is 1. The lowest BCUT2D eigenvalue weighted by Gasteiger charge is -2.18. The van der Waals surface area contributed by atoms with Crippen molar-refractivity contribution in [3.05, 3.63) is 43.0 Å². The van der Waals surface area contributed by atoms with Gasteiger partial charge in [-0.3, -0.25) is 9.59 Å². The van der Waals surface area contributed by atoms with Gasteiger partial charge in [0.2, 0.25) is 0 Å². The van der Waals surface area contributed by atoms with Crippen molar-refractivity contribution in [2.24, 2.45) is 0 Å². The molecule has 2 aromatic heterocycles. The molecule has 0 radical (unpaired) electrons. The predicted octanol–water partition coefficient (Wildman–Crippen LogP) is 2.33. The van der Waals surface area contributed by atoms with Gasteiger partial charge in [0.05, 0.1) is 17.4 Å². The highest BCUT2D eigenvalue weighted by Crippen LogP contribution is 2.24. The number of nitrogens with one attached hydrogen (secondary N) is 2. The number of carboxylic acid groups (broad SMARTS) is 1. The third kappa shape index (κ3) is 3.98. The second-order valence-electron chi connectivity index (χ2n) is 7.09. The number of carboxylic acids is 1. The topological polar surface area (TPSA) is 125 Å². The lowest BCUT2D eigenvalue weighted by atomic mass is 9.95. The summed E-state index contributed by atoms with van der Waals surface area (Å²) in [6, 6.07) is -0.541. The number of carbonyl (C=O) groups excluding carboxylic acids is 1. The minimum Gasteiger partial charge on any atom is -0.477 e. The molecule has 0 bridgehead atoms. The molecule has 3 N–H and O–H groups in total. The summed E-state index contributed by atoms with van der Waals surface area (Å²) in [6.07, 6.45) is 0. The Labute approximate surface area is 154 Å². The van der Waals surface area contributed by atoms with Crippen LogP contribution in [0.2, 0.25) is 0 Å². The van der Waals surface area contributed by atoms with Crippen molar-refractivity contribution in [1.29, 1.82) is 0 Å². The van der Waals surface area contributed by atoms with E-state index in [1.165, 1.54) is 0 Å². The standard InChI is InChI=1S/C17H22N4O4S/c1-7-10(13(23)21-16(20-7)17(4,5)6)12(22)18-9(3)14-19-8(2)11(26-14)15(24)25/h9H,1-6H3,(H,18,22)(H,24,25)(H,20,21,23). The molecule has 0 aliphatic rings. The van der Waals surface area contributed by atoms with Crippen molar-refractivity contribution in [3.8, 4) is 0 Å². The number of aryl methyl sites for hydroxylation is 2. The Morgan fingerprint density at radius 2 is 1.81 bits per heavy atom. The van der Waals surface area contributed by atoms with Crippen molar-refractivity contribution < 1.29 is 14.7 Å². The summed E-state index contributed by atoms with van der Waals surface area (Å²) in [6.45, 7) is 10.6. The number of aromatic amines is 1. The van der Waals surface area contributed by atoms with Gasteiger partial charge >= 0.3 is 5.97 Å². The molecule has 140 valence electrons. The van der Waals surface area contributed by atoms with E-state index in [0.717, 1.165) is 11.3 Å². The van der Waals surface area contributed by atoms with Crippen LogP contribution in [0, 0.1) is 13.8 Å². The van der Waals surface area contributed by atoms with Crippen molar-refractivity contribution in [3.63, 3.8) is 0 Å². The molecule has 1 unspecified atom stereocenters. The molecule has 2 heterocycles. The molecule has 0 saturated carbocycles. The van der Waals surface area contributed by atoms with Crippen LogP contribution < -0.4 is 10.9 Å². The molecule has 0 fully saturated rings. The first-order valence-corrected chi connectivity index (χ1v) is 8.86. The van der Waals surface area contributed by atoms with Gasteiger partial charge in [-0.1, -0.05) is 20.8 Å². The van der Waals surface area contributed by atoms with Crippen LogP contribution >= 0.6 is 11.3 Å². The summed E-state index contributed by atoms with van der Waals surface area (Å²) in [7, 11) is 0. The van der Waals surface area contributed by atoms with Crippen molar-refractivity contribution in [2.75, 3.05) is 0 Å². The van der Waals surface area contributed by atoms with Gasteiger partial charge in [0.15, 0.2) is 0 Å². The van der Waals surface area contributed by atoms with Crippen LogP contribution in [-0.4, -0.2) is 31.9 Å². The summed E-state index contributed by atoms with van der Waals surface area (Å²) >= 11 is 1.00. The number of rotatable bonds is 4. The van der Waals surface area contributed by atoms with Gasteiger partial charge in [0.1, 0.15) is 21.3 Å². The number of aromatic nitrogens is 3. The van der Waals surface area contributed by atoms with Gasteiger partial charge in [-0.2, -0.15) is 0 Å². The van der Waals surface area contributed by atoms with E-state index in [9.17, 15) is 14.4 Å². The summed E-state index contributed by atoms with van der Waals surface area (Å²) in [5.41, 5.74) is -0.184. The second-order valence-corrected chi connectivity index (χ2v) is 8.12. The first kappa shape index (κ1) is 19.8. The van der Waals surface area contributed by atoms with E-state index in [2.05, 4.69) is 20.3 Å². The van der Waals surface area contributed by atoms with Crippen LogP contribution in [0.15, 0.2) is 4.79 Å². The van der Waals surface area contributed by atoms with Gasteiger partial charge in [-0.15, -0.1) is 11.3 Å². The summed E-state index contributed by atoms with van der Waals surface area (Å²) < 4.78 is 0. The van der Waals surface area contributed by atoms with Crippen molar-refractivity contribution in [2.45, 2.75) is 53.0 Å². The zero-order chi connectivity index (χ0) is 19.8. The molecule has 2 aromatic rings. The van der Waals surface area contributed by atoms with E-state index in [4.69, 9.17) is 5.11 Å². The Kier molecular flexibility index (Phi) is 5.31. The van der Waals surface area contributed by atoms with E-state index in [0.29, 0.717) is 22.2 Å². The maximum Gasteiger partial charge on any atom is 0.347 e. The zero-order valence-corrected chi connectivity index (χ0v) is 16.4. The van der Waals surface area contributed by atoms with Gasteiger partial charge < -0.3 is 15.4 Å². The number of H-pyrrole nitrogens is 1. The van der Waals surface area contributed by atoms with Gasteiger partial charge in [-0.25, -0.2) is 14.8 Å². The molecule has 9 heteroatoms. The lowest BCUT2D eigenvalue weighted by Crippen LogP contribution is -2.35. The molecule has 0 aromatic carbocycles. The fourth-order valence-corrected chi connectivity index (χ4v) is 3.25. The van der Waals surface area contributed by atoms with E-state index < -0.39 is 23.5 Å². The minimum absolute atomic E-state index is 0.0587. The Hall–Kier alpha value is -2.55. The lowest BCUT2D eigenvalue weighted by molar-refractivity contribution is 0.0700. The first-order valence-electron chi connectivity index (χ1n) is 8.04. The smallest absolute Gasteiger partial charge is 0.347 e. The van der Waals surface area contributed by atoms with Crippen molar-refractivity contribution in [1.82, 2.24) is 20.3 Å². The average molecular weight is 378 g/mol. The summed E-state index contributed by atoms with van der Waals surface area (Å²) in [5, 5.41) is 12.3. The normalized spacial score (nSPS) is 12.7. The molecular weight excluding hydrogens is 356 g/mol. The number of hydrogen-bond donors (Lipinski definition) is 3. The molecular formula is C17H22N4O4S. The van der Waals surface area contributed by atoms with Crippen LogP contribution in [-0.2, 0) is 5.41 Å². The molecule has 0 saturated heterocycles. The van der Waals surface area contributed by atoms with Crippen LogP contribution in [0.4, 0.5) is 0 Å². The van der Waals surface area contributed by atoms with E-state index in [-0.39, 0.29) is 15.9 Å². The zero-order valence-electron chi connectivity index (χ0n) is 15.6. The Bertz CT molecular complexity index is 924. The highest BCUT2D eigenvalue weighted by Gasteiger charge is 2.24. The van der Waals surface area contributed by atoms with Gasteiger partial charge in [0, 0.05) is 5.41 Å². The molecule has 2 rings (SSSR count). The van der Waals surface area contributed by atoms with Crippen LogP contribution in [0.1, 0.15) is 76.0 Å². The summed E-state index contributed by atoms with van der Waals surface area (Å²) in [5.74, 6) is -1.13. The maximum absolute atomic E-state index is 12.5. The number of aromatic carboxylic acids is 1. The number of hydrogen-bond acceptors (Lipinski definition) is 6. The molecule has 1 amide bonds. The predicted molar refractivity (Wildman–Crippen MR) is 98.0 cm³/mol. The number of carbonyl (C=O) groups is 2. The monoisotopic (exact) mass is 378 g/mol. The molecule has 0 spiro atoms. The van der Waals surface area contributed by atoms with E-state index in [1.807, 2.05) is 20.8 Å². The quantitative estimate of drug-likeness (QED) is 0.750. The van der Waals surface area contributed by atoms with Crippen LogP contribution in [0.5, 0.6) is 0 Å². The Morgan fingerprint density at radius 3 is 2.27 bits per heavy atom. The third-order valence-corrected chi connectivity index (χ3v) is 5.09. The summed E-state index contributed by atoms with van der Waals surface area (Å²) in [4.78, 5) is 47.4. The van der Waals surface area contributed by atoms with Crippen LogP contribution in [0.3, 0.4) is 0 Å². The average Bonchev–Trinajstić information content (AvgIpc) is 2.87. The second kappa shape index (κ2) is 6.99. The molecule has 8 nitrogen and oxygen atoms in total. The molecule has 1 atom stereocenters. The third-order valence-electron chi connectivity index (χ3n) is 3.76. The largest absolute Gasteiger partial charge is 0.477 e. The molecule has 0 aliphatic heterocycles. The number of thiazole rings is 1. The highest BCUT2D eigenvalue weighted by molar-refractivity contribution is 7.13. The highest BCUT2D eigenvalue weighted by atomic mass is 32.1. The van der Waals surface area contributed by atoms with E-state index >= 15 is 0 Å². The number of nitrogens with zero attached hydrogens (tertiary/aromatic N) is 2. The van der Waals surface area contributed by atoms with Crippen molar-refractivity contribution >= 4 is 23.2 Å². The minimum atomic E-state index is -1.06. The molecule has 26 heavy (non-hydrogen) atoms. The van der Waals surface area contributed by atoms with Gasteiger partial charge in [0.25, 0.3) is 11.5 Å². The molecule has 0 aliphatic carbocycles. The fourth-order valence-electron chi connectivity index (χ4n) is 2.34. The van der Waals surface area contributed by atoms with Gasteiger partial charge in [-0.05, 0) is 20.8 Å². The fraction of sp³-hybridized carbons (Fsp3) is 0.471. The SMILES string of the molecule is Cc1nc(C(C)NC(=O)c2c(C)nc(C(C)(C)C)[nH]c2=O)sc1C(=O)O.